The Morgan fingerprint density at radius 1 is 0.957 bits per heavy atom. The summed E-state index contributed by atoms with van der Waals surface area (Å²) in [6.07, 6.45) is 1.44. The lowest BCUT2D eigenvalue weighted by Crippen LogP contribution is -2.46. The molecule has 3 amide bonds. The van der Waals surface area contributed by atoms with Gasteiger partial charge in [0.2, 0.25) is 0 Å². The third kappa shape index (κ3) is 4.88. The highest BCUT2D eigenvalue weighted by Gasteiger charge is 2.10. The van der Waals surface area contributed by atoms with E-state index in [-0.39, 0.29) is 17.8 Å². The van der Waals surface area contributed by atoms with Crippen LogP contribution in [-0.2, 0) is 4.79 Å². The molecule has 8 heteroatoms. The van der Waals surface area contributed by atoms with Crippen molar-refractivity contribution in [3.8, 4) is 0 Å². The highest BCUT2D eigenvalue weighted by molar-refractivity contribution is 5.97. The van der Waals surface area contributed by atoms with E-state index >= 15 is 0 Å². The predicted octanol–water partition coefficient (Wildman–Crippen LogP) is 0.412. The number of nitrogens with zero attached hydrogens (tertiary/aromatic N) is 1. The van der Waals surface area contributed by atoms with Crippen molar-refractivity contribution in [1.29, 1.82) is 0 Å². The zero-order valence-corrected chi connectivity index (χ0v) is 11.9. The number of amides is 3. The van der Waals surface area contributed by atoms with Crippen LogP contribution in [0.2, 0.25) is 0 Å². The molecule has 1 aromatic heterocycles. The molecule has 3 N–H and O–H groups in total. The SMILES string of the molecule is O=C(CNC(=O)c1ccc(F)cc1)NNC(=O)c1ccccn1. The van der Waals surface area contributed by atoms with Crippen LogP contribution in [0.25, 0.3) is 0 Å². The standard InChI is InChI=1S/C15H13FN4O3/c16-11-6-4-10(5-7-11)14(22)18-9-13(21)19-20-15(23)12-3-1-2-8-17-12/h1-8H,9H2,(H,18,22)(H,19,21)(H,20,23). The zero-order chi connectivity index (χ0) is 16.7. The molecule has 0 bridgehead atoms. The topological polar surface area (TPSA) is 100 Å². The van der Waals surface area contributed by atoms with Gasteiger partial charge in [0.15, 0.2) is 0 Å². The number of pyridine rings is 1. The second kappa shape index (κ2) is 7.64. The van der Waals surface area contributed by atoms with Crippen LogP contribution in [0.4, 0.5) is 4.39 Å². The molecule has 0 radical (unpaired) electrons. The van der Waals surface area contributed by atoms with E-state index in [0.29, 0.717) is 0 Å². The number of hydrazine groups is 1. The number of nitrogens with one attached hydrogen (secondary N) is 3. The molecule has 0 fully saturated rings. The van der Waals surface area contributed by atoms with Crippen molar-refractivity contribution in [2.24, 2.45) is 0 Å². The Labute approximate surface area is 130 Å². The Morgan fingerprint density at radius 3 is 2.35 bits per heavy atom. The van der Waals surface area contributed by atoms with E-state index in [9.17, 15) is 18.8 Å². The fraction of sp³-hybridized carbons (Fsp3) is 0.0667. The molecule has 0 saturated heterocycles. The molecule has 1 heterocycles. The first kappa shape index (κ1) is 16.1. The summed E-state index contributed by atoms with van der Waals surface area (Å²) in [7, 11) is 0. The smallest absolute Gasteiger partial charge is 0.288 e. The molecule has 0 aliphatic heterocycles. The number of carbonyl (C=O) groups excluding carboxylic acids is 3. The Hall–Kier alpha value is -3.29. The maximum atomic E-state index is 12.7. The van der Waals surface area contributed by atoms with Crippen molar-refractivity contribution in [3.63, 3.8) is 0 Å². The van der Waals surface area contributed by atoms with E-state index < -0.39 is 23.5 Å². The van der Waals surface area contributed by atoms with Gasteiger partial charge in [-0.1, -0.05) is 6.07 Å². The Bertz CT molecular complexity index is 704. The van der Waals surface area contributed by atoms with Gasteiger partial charge in [-0.05, 0) is 36.4 Å². The van der Waals surface area contributed by atoms with Gasteiger partial charge in [-0.25, -0.2) is 4.39 Å². The quantitative estimate of drug-likeness (QED) is 0.711. The summed E-state index contributed by atoms with van der Waals surface area (Å²) in [5.41, 5.74) is 4.67. The Balaban J connectivity index is 1.76. The molecule has 2 rings (SSSR count). The van der Waals surface area contributed by atoms with Gasteiger partial charge < -0.3 is 5.32 Å². The van der Waals surface area contributed by atoms with Crippen molar-refractivity contribution in [3.05, 3.63) is 65.7 Å². The largest absolute Gasteiger partial charge is 0.343 e. The number of halogens is 1. The molecule has 0 aliphatic rings. The number of benzene rings is 1. The lowest BCUT2D eigenvalue weighted by atomic mass is 10.2. The summed E-state index contributed by atoms with van der Waals surface area (Å²) in [6.45, 7) is -0.349. The van der Waals surface area contributed by atoms with E-state index in [1.165, 1.54) is 24.4 Å². The van der Waals surface area contributed by atoms with Gasteiger partial charge in [-0.15, -0.1) is 0 Å². The fourth-order valence-electron chi connectivity index (χ4n) is 1.60. The third-order valence-corrected chi connectivity index (χ3v) is 2.73. The van der Waals surface area contributed by atoms with E-state index in [2.05, 4.69) is 21.2 Å². The van der Waals surface area contributed by atoms with Crippen LogP contribution < -0.4 is 16.2 Å². The molecule has 0 aliphatic carbocycles. The summed E-state index contributed by atoms with van der Waals surface area (Å²) in [5.74, 6) is -2.19. The minimum absolute atomic E-state index is 0.142. The van der Waals surface area contributed by atoms with E-state index in [1.54, 1.807) is 12.1 Å². The van der Waals surface area contributed by atoms with Crippen LogP contribution in [0, 0.1) is 5.82 Å². The first-order chi connectivity index (χ1) is 11.1. The highest BCUT2D eigenvalue weighted by atomic mass is 19.1. The Kier molecular flexibility index (Phi) is 5.35. The van der Waals surface area contributed by atoms with Crippen LogP contribution in [0.1, 0.15) is 20.8 Å². The van der Waals surface area contributed by atoms with Crippen LogP contribution in [-0.4, -0.2) is 29.3 Å². The average molecular weight is 316 g/mol. The maximum absolute atomic E-state index is 12.7. The molecule has 0 spiro atoms. The monoisotopic (exact) mass is 316 g/mol. The third-order valence-electron chi connectivity index (χ3n) is 2.73. The molecule has 23 heavy (non-hydrogen) atoms. The van der Waals surface area contributed by atoms with Crippen LogP contribution in [0.5, 0.6) is 0 Å². The average Bonchev–Trinajstić information content (AvgIpc) is 2.59. The van der Waals surface area contributed by atoms with Crippen LogP contribution >= 0.6 is 0 Å². The first-order valence-electron chi connectivity index (χ1n) is 6.60. The molecule has 0 saturated carbocycles. The highest BCUT2D eigenvalue weighted by Crippen LogP contribution is 2.02. The lowest BCUT2D eigenvalue weighted by Gasteiger charge is -2.08. The number of aromatic nitrogens is 1. The van der Waals surface area contributed by atoms with Crippen molar-refractivity contribution >= 4 is 17.7 Å². The normalized spacial score (nSPS) is 9.78. The number of rotatable bonds is 4. The summed E-state index contributed by atoms with van der Waals surface area (Å²) in [6, 6.07) is 9.64. The Morgan fingerprint density at radius 2 is 1.70 bits per heavy atom. The second-order valence-electron chi connectivity index (χ2n) is 4.41. The van der Waals surface area contributed by atoms with Crippen LogP contribution in [0.15, 0.2) is 48.7 Å². The second-order valence-corrected chi connectivity index (χ2v) is 4.41. The summed E-state index contributed by atoms with van der Waals surface area (Å²) in [5, 5.41) is 2.34. The lowest BCUT2D eigenvalue weighted by molar-refractivity contribution is -0.120. The maximum Gasteiger partial charge on any atom is 0.288 e. The van der Waals surface area contributed by atoms with E-state index in [4.69, 9.17) is 0 Å². The summed E-state index contributed by atoms with van der Waals surface area (Å²) < 4.78 is 12.7. The number of carbonyl (C=O) groups is 3. The number of hydrogen-bond donors (Lipinski definition) is 3. The minimum atomic E-state index is -0.621. The molecule has 7 nitrogen and oxygen atoms in total. The summed E-state index contributed by atoms with van der Waals surface area (Å²) >= 11 is 0. The first-order valence-corrected chi connectivity index (χ1v) is 6.60. The molecule has 1 aromatic carbocycles. The van der Waals surface area contributed by atoms with Crippen molar-refractivity contribution in [2.75, 3.05) is 6.54 Å². The van der Waals surface area contributed by atoms with Gasteiger partial charge in [0.05, 0.1) is 6.54 Å². The molecule has 118 valence electrons. The molecule has 0 atom stereocenters. The fourth-order valence-corrected chi connectivity index (χ4v) is 1.60. The van der Waals surface area contributed by atoms with E-state index in [1.807, 2.05) is 0 Å². The van der Waals surface area contributed by atoms with Crippen molar-refractivity contribution < 1.29 is 18.8 Å². The molecular formula is C15H13FN4O3. The van der Waals surface area contributed by atoms with Crippen LogP contribution in [0.3, 0.4) is 0 Å². The predicted molar refractivity (Wildman–Crippen MR) is 78.6 cm³/mol. The van der Waals surface area contributed by atoms with Crippen molar-refractivity contribution in [2.45, 2.75) is 0 Å². The number of hydrogen-bond acceptors (Lipinski definition) is 4. The van der Waals surface area contributed by atoms with E-state index in [0.717, 1.165) is 12.1 Å². The molecule has 2 aromatic rings. The van der Waals surface area contributed by atoms with Gasteiger partial charge in [-0.3, -0.25) is 30.2 Å². The van der Waals surface area contributed by atoms with Gasteiger partial charge >= 0.3 is 0 Å². The molecular weight excluding hydrogens is 303 g/mol. The minimum Gasteiger partial charge on any atom is -0.343 e. The molecule has 0 unspecified atom stereocenters. The van der Waals surface area contributed by atoms with Gasteiger partial charge in [0.1, 0.15) is 11.5 Å². The van der Waals surface area contributed by atoms with Crippen molar-refractivity contribution in [1.82, 2.24) is 21.2 Å². The van der Waals surface area contributed by atoms with Gasteiger partial charge in [0, 0.05) is 11.8 Å². The summed E-state index contributed by atoms with van der Waals surface area (Å²) in [4.78, 5) is 38.7. The van der Waals surface area contributed by atoms with Gasteiger partial charge in [-0.2, -0.15) is 0 Å². The van der Waals surface area contributed by atoms with Gasteiger partial charge in [0.25, 0.3) is 17.7 Å². The zero-order valence-electron chi connectivity index (χ0n) is 11.9.